The van der Waals surface area contributed by atoms with Crippen LogP contribution in [0.2, 0.25) is 5.02 Å². The Morgan fingerprint density at radius 2 is 2.07 bits per heavy atom. The molecule has 1 aliphatic rings. The number of carbonyl (C=O) groups is 1. The number of aromatic nitrogens is 2. The predicted molar refractivity (Wildman–Crippen MR) is 113 cm³/mol. The van der Waals surface area contributed by atoms with Crippen molar-refractivity contribution in [2.75, 3.05) is 30.4 Å². The summed E-state index contributed by atoms with van der Waals surface area (Å²) < 4.78 is 19.1. The van der Waals surface area contributed by atoms with Gasteiger partial charge in [-0.2, -0.15) is 4.98 Å². The first-order chi connectivity index (χ1) is 14.5. The van der Waals surface area contributed by atoms with Crippen LogP contribution in [0.1, 0.15) is 10.4 Å². The average Bonchev–Trinajstić information content (AvgIpc) is 2.72. The average molecular weight is 428 g/mol. The van der Waals surface area contributed by atoms with E-state index in [0.29, 0.717) is 36.0 Å². The summed E-state index contributed by atoms with van der Waals surface area (Å²) in [6, 6.07) is 13.2. The number of hydrogen-bond acceptors (Lipinski definition) is 6. The molecule has 3 aromatic rings. The van der Waals surface area contributed by atoms with E-state index in [1.165, 1.54) is 12.1 Å². The Balaban J connectivity index is 1.37. The van der Waals surface area contributed by atoms with Crippen molar-refractivity contribution < 1.29 is 13.9 Å². The molecule has 1 amide bonds. The number of rotatable bonds is 6. The van der Waals surface area contributed by atoms with Gasteiger partial charge in [0.2, 0.25) is 5.95 Å². The highest BCUT2D eigenvalue weighted by Gasteiger charge is 2.30. The SMILES string of the molecule is CNC(=O)c1cccc(Nc2nccc(N3CC(Oc4ccc(F)c(Cl)c4)C3)n2)c1. The van der Waals surface area contributed by atoms with E-state index >= 15 is 0 Å². The highest BCUT2D eigenvalue weighted by molar-refractivity contribution is 6.30. The van der Waals surface area contributed by atoms with E-state index in [0.717, 1.165) is 5.82 Å². The molecule has 2 heterocycles. The molecule has 9 heteroatoms. The molecular formula is C21H19ClFN5O2. The van der Waals surface area contributed by atoms with E-state index in [9.17, 15) is 9.18 Å². The van der Waals surface area contributed by atoms with Gasteiger partial charge in [-0.3, -0.25) is 4.79 Å². The van der Waals surface area contributed by atoms with Gasteiger partial charge in [-0.15, -0.1) is 0 Å². The Kier molecular flexibility index (Phi) is 5.67. The molecule has 2 N–H and O–H groups in total. The summed E-state index contributed by atoms with van der Waals surface area (Å²) >= 11 is 5.79. The van der Waals surface area contributed by atoms with Crippen LogP contribution in [0.4, 0.5) is 21.8 Å². The first-order valence-corrected chi connectivity index (χ1v) is 9.68. The minimum atomic E-state index is -0.471. The second-order valence-corrected chi connectivity index (χ2v) is 7.15. The number of hydrogen-bond donors (Lipinski definition) is 2. The molecule has 30 heavy (non-hydrogen) atoms. The molecule has 1 saturated heterocycles. The summed E-state index contributed by atoms with van der Waals surface area (Å²) in [7, 11) is 1.59. The van der Waals surface area contributed by atoms with Crippen LogP contribution in [-0.2, 0) is 0 Å². The lowest BCUT2D eigenvalue weighted by atomic mass is 10.1. The molecule has 0 spiro atoms. The molecule has 7 nitrogen and oxygen atoms in total. The van der Waals surface area contributed by atoms with Gasteiger partial charge in [0.25, 0.3) is 5.91 Å². The number of benzene rings is 2. The Morgan fingerprint density at radius 3 is 2.83 bits per heavy atom. The summed E-state index contributed by atoms with van der Waals surface area (Å²) in [6.45, 7) is 1.27. The highest BCUT2D eigenvalue weighted by atomic mass is 35.5. The maximum absolute atomic E-state index is 13.3. The lowest BCUT2D eigenvalue weighted by Crippen LogP contribution is -2.54. The van der Waals surface area contributed by atoms with Gasteiger partial charge < -0.3 is 20.3 Å². The van der Waals surface area contributed by atoms with Crippen LogP contribution in [0.3, 0.4) is 0 Å². The maximum Gasteiger partial charge on any atom is 0.251 e. The van der Waals surface area contributed by atoms with Gasteiger partial charge in [0.1, 0.15) is 23.5 Å². The second-order valence-electron chi connectivity index (χ2n) is 6.74. The zero-order chi connectivity index (χ0) is 21.1. The van der Waals surface area contributed by atoms with Crippen molar-refractivity contribution >= 4 is 35.0 Å². The molecule has 0 aliphatic carbocycles. The van der Waals surface area contributed by atoms with Crippen molar-refractivity contribution in [3.63, 3.8) is 0 Å². The molecule has 0 radical (unpaired) electrons. The quantitative estimate of drug-likeness (QED) is 0.625. The molecule has 1 fully saturated rings. The molecule has 0 unspecified atom stereocenters. The fraction of sp³-hybridized carbons (Fsp3) is 0.190. The molecule has 0 bridgehead atoms. The molecule has 154 valence electrons. The van der Waals surface area contributed by atoms with Crippen LogP contribution in [0.5, 0.6) is 5.75 Å². The first-order valence-electron chi connectivity index (χ1n) is 9.30. The lowest BCUT2D eigenvalue weighted by molar-refractivity contribution is 0.0963. The highest BCUT2D eigenvalue weighted by Crippen LogP contribution is 2.26. The van der Waals surface area contributed by atoms with Crippen molar-refractivity contribution in [3.8, 4) is 5.75 Å². The van der Waals surface area contributed by atoms with Crippen molar-refractivity contribution in [1.29, 1.82) is 0 Å². The molecule has 0 atom stereocenters. The fourth-order valence-corrected chi connectivity index (χ4v) is 3.21. The third-order valence-corrected chi connectivity index (χ3v) is 4.90. The number of nitrogens with zero attached hydrogens (tertiary/aromatic N) is 3. The van der Waals surface area contributed by atoms with Crippen molar-refractivity contribution in [3.05, 3.63) is 71.1 Å². The van der Waals surface area contributed by atoms with Gasteiger partial charge in [-0.1, -0.05) is 17.7 Å². The van der Waals surface area contributed by atoms with Crippen LogP contribution >= 0.6 is 11.6 Å². The Labute approximate surface area is 177 Å². The first kappa shape index (κ1) is 19.9. The largest absolute Gasteiger partial charge is 0.487 e. The number of nitrogens with one attached hydrogen (secondary N) is 2. The van der Waals surface area contributed by atoms with Crippen molar-refractivity contribution in [1.82, 2.24) is 15.3 Å². The third-order valence-electron chi connectivity index (χ3n) is 4.61. The Hall–Kier alpha value is -3.39. The number of halogens is 2. The molecule has 4 rings (SSSR count). The summed E-state index contributed by atoms with van der Waals surface area (Å²) in [6.07, 6.45) is 1.63. The van der Waals surface area contributed by atoms with Gasteiger partial charge >= 0.3 is 0 Å². The molecule has 2 aromatic carbocycles. The van der Waals surface area contributed by atoms with E-state index in [2.05, 4.69) is 20.6 Å². The lowest BCUT2D eigenvalue weighted by Gasteiger charge is -2.39. The normalized spacial score (nSPS) is 13.5. The molecule has 1 aliphatic heterocycles. The van der Waals surface area contributed by atoms with E-state index < -0.39 is 5.82 Å². The van der Waals surface area contributed by atoms with E-state index in [1.54, 1.807) is 37.5 Å². The topological polar surface area (TPSA) is 79.4 Å². The Morgan fingerprint density at radius 1 is 1.23 bits per heavy atom. The van der Waals surface area contributed by atoms with Crippen molar-refractivity contribution in [2.45, 2.75) is 6.10 Å². The van der Waals surface area contributed by atoms with E-state index in [-0.39, 0.29) is 17.0 Å². The van der Waals surface area contributed by atoms with Gasteiger partial charge in [0, 0.05) is 30.6 Å². The predicted octanol–water partition coefficient (Wildman–Crippen LogP) is 3.64. The van der Waals surface area contributed by atoms with Crippen LogP contribution in [0, 0.1) is 5.82 Å². The molecule has 1 aromatic heterocycles. The number of ether oxygens (including phenoxy) is 1. The van der Waals surface area contributed by atoms with Crippen LogP contribution in [0.15, 0.2) is 54.7 Å². The zero-order valence-electron chi connectivity index (χ0n) is 16.1. The van der Waals surface area contributed by atoms with E-state index in [1.807, 2.05) is 17.0 Å². The fourth-order valence-electron chi connectivity index (χ4n) is 3.04. The molecular weight excluding hydrogens is 409 g/mol. The Bertz CT molecular complexity index is 1070. The van der Waals surface area contributed by atoms with Crippen LogP contribution < -0.4 is 20.3 Å². The third kappa shape index (κ3) is 4.44. The monoisotopic (exact) mass is 427 g/mol. The van der Waals surface area contributed by atoms with Crippen LogP contribution in [0.25, 0.3) is 0 Å². The number of anilines is 3. The number of amides is 1. The maximum atomic E-state index is 13.3. The minimum absolute atomic E-state index is 0.0377. The van der Waals surface area contributed by atoms with Crippen LogP contribution in [-0.4, -0.2) is 42.1 Å². The minimum Gasteiger partial charge on any atom is -0.487 e. The zero-order valence-corrected chi connectivity index (χ0v) is 16.9. The standard InChI is InChI=1S/C21H19ClFN5O2/c1-24-20(29)13-3-2-4-14(9-13)26-21-25-8-7-19(27-21)28-11-16(12-28)30-15-5-6-18(23)17(22)10-15/h2-10,16H,11-12H2,1H3,(H,24,29)(H,25,26,27). The van der Waals surface area contributed by atoms with Crippen molar-refractivity contribution in [2.24, 2.45) is 0 Å². The summed E-state index contributed by atoms with van der Waals surface area (Å²) in [4.78, 5) is 22.6. The van der Waals surface area contributed by atoms with Gasteiger partial charge in [0.15, 0.2) is 0 Å². The summed E-state index contributed by atoms with van der Waals surface area (Å²) in [5, 5.41) is 5.75. The summed E-state index contributed by atoms with van der Waals surface area (Å²) in [5.74, 6) is 1.08. The molecule has 0 saturated carbocycles. The van der Waals surface area contributed by atoms with Gasteiger partial charge in [-0.05, 0) is 36.4 Å². The second kappa shape index (κ2) is 8.54. The summed E-state index contributed by atoms with van der Waals surface area (Å²) in [5.41, 5.74) is 1.26. The van der Waals surface area contributed by atoms with Gasteiger partial charge in [-0.25, -0.2) is 9.37 Å². The van der Waals surface area contributed by atoms with E-state index in [4.69, 9.17) is 16.3 Å². The number of carbonyl (C=O) groups excluding carboxylic acids is 1. The van der Waals surface area contributed by atoms with Gasteiger partial charge in [0.05, 0.1) is 18.1 Å². The smallest absolute Gasteiger partial charge is 0.251 e.